The van der Waals surface area contributed by atoms with Crippen molar-refractivity contribution < 1.29 is 0 Å². The Morgan fingerprint density at radius 1 is 0.156 bits per heavy atom. The van der Waals surface area contributed by atoms with Crippen molar-refractivity contribution in [2.45, 2.75) is 38.5 Å². The molecule has 32 rings (SSSR count). The van der Waals surface area contributed by atoms with Gasteiger partial charge in [0.2, 0.25) is 0 Å². The van der Waals surface area contributed by atoms with Crippen LogP contribution in [-0.2, 0) is 10.8 Å². The third-order valence-corrected chi connectivity index (χ3v) is 32.4. The summed E-state index contributed by atoms with van der Waals surface area (Å²) in [5.41, 5.74) is 45.9. The van der Waals surface area contributed by atoms with Crippen molar-refractivity contribution >= 4 is 176 Å². The van der Waals surface area contributed by atoms with Crippen molar-refractivity contribution in [3.63, 3.8) is 0 Å². The molecule has 4 aliphatic carbocycles. The van der Waals surface area contributed by atoms with E-state index in [0.29, 0.717) is 0 Å². The Bertz CT molecular complexity index is 10300. The van der Waals surface area contributed by atoms with Crippen LogP contribution in [0.3, 0.4) is 0 Å². The predicted molar refractivity (Wildman–Crippen MR) is 620 cm³/mol. The van der Waals surface area contributed by atoms with Gasteiger partial charge in [0.05, 0.1) is 49.7 Å². The van der Waals surface area contributed by atoms with Crippen molar-refractivity contribution in [1.29, 1.82) is 0 Å². The van der Waals surface area contributed by atoms with E-state index in [9.17, 15) is 0 Å². The first-order chi connectivity index (χ1) is 72.5. The third kappa shape index (κ3) is 12.4. The van der Waals surface area contributed by atoms with E-state index in [1.54, 1.807) is 0 Å². The number of rotatable bonds is 12. The third-order valence-electron chi connectivity index (χ3n) is 32.4. The maximum absolute atomic E-state index is 2.50. The van der Waals surface area contributed by atoms with Crippen LogP contribution in [0.2, 0.25) is 0 Å². The highest BCUT2D eigenvalue weighted by atomic mass is 15.2. The van der Waals surface area contributed by atoms with Crippen molar-refractivity contribution in [2.24, 2.45) is 0 Å². The highest BCUT2D eigenvalue weighted by molar-refractivity contribution is 6.35. The van der Waals surface area contributed by atoms with Gasteiger partial charge in [-0.1, -0.05) is 349 Å². The first-order valence-corrected chi connectivity index (χ1v) is 51.2. The van der Waals surface area contributed by atoms with Gasteiger partial charge in [0.15, 0.2) is 0 Å². The number of anilines is 9. The minimum atomic E-state index is -0.0372. The summed E-state index contributed by atoms with van der Waals surface area (Å²) in [4.78, 5) is 7.12. The fourth-order valence-electron chi connectivity index (χ4n) is 26.1. The summed E-state index contributed by atoms with van der Waals surface area (Å²) in [6.45, 7) is 9.37. The fraction of sp³-hybridized carbons (Fsp3) is 0.0429. The molecule has 7 heteroatoms. The van der Waals surface area contributed by atoms with Crippen LogP contribution < -0.4 is 14.7 Å². The number of aromatic nitrogens is 4. The quantitative estimate of drug-likeness (QED) is 0.122. The lowest BCUT2D eigenvalue weighted by Gasteiger charge is -2.27. The van der Waals surface area contributed by atoms with Crippen molar-refractivity contribution in [3.8, 4) is 83.8 Å². The molecule has 0 atom stereocenters. The van der Waals surface area contributed by atoms with Gasteiger partial charge in [0.1, 0.15) is 0 Å². The minimum Gasteiger partial charge on any atom is -0.310 e. The molecule has 0 saturated carbocycles. The molecule has 147 heavy (non-hydrogen) atoms. The van der Waals surface area contributed by atoms with Gasteiger partial charge in [-0.3, -0.25) is 0 Å². The molecule has 0 fully saturated rings. The van der Waals surface area contributed by atoms with Crippen LogP contribution in [0.15, 0.2) is 504 Å². The maximum Gasteiger partial charge on any atom is 0.0641 e. The molecule has 0 radical (unpaired) electrons. The van der Waals surface area contributed by atoms with Crippen molar-refractivity contribution in [2.75, 3.05) is 14.7 Å². The largest absolute Gasteiger partial charge is 0.310 e. The Morgan fingerprint density at radius 3 is 0.905 bits per heavy atom. The van der Waals surface area contributed by atoms with Crippen molar-refractivity contribution in [1.82, 2.24) is 18.1 Å². The van der Waals surface area contributed by atoms with Crippen LogP contribution in [-0.4, -0.2) is 18.1 Å². The molecular formula is C140H95N7. The molecule has 0 N–H and O–H groups in total. The smallest absolute Gasteiger partial charge is 0.0641 e. The van der Waals surface area contributed by atoms with E-state index >= 15 is 0 Å². The highest BCUT2D eigenvalue weighted by Crippen LogP contribution is 2.58. The molecule has 4 aliphatic rings. The Balaban J connectivity index is 0.000000102. The molecule has 28 aromatic rings. The Morgan fingerprint density at radius 2 is 0.449 bits per heavy atom. The topological polar surface area (TPSA) is 28.9 Å². The van der Waals surface area contributed by atoms with Crippen LogP contribution in [0, 0.1) is 0 Å². The summed E-state index contributed by atoms with van der Waals surface area (Å²) in [6, 6.07) is 185. The SMILES string of the molecule is CC1(C)c2ccccc2-c2cc(N(c3ccccc3)c3ccc(-n4c5cccc6c5c5c7c(cccc7ccc54)-c4ccccc4-6)cc3)ccc21.CC1(C)c2ccccc2-c2cc(N(c3ccccc3)c3cccc(-n4c5cccc6c5c5c7c(cccc7ccc54)-c4ccccc4-6)c3)ccc21.c1ccc(N(c2ccccc2)c2cccc(-n3c4cccc5c6ccccc6n6c7ccccc7c7ccc3c(c54)c76)c2)cc1. The molecule has 0 spiro atoms. The molecular weight excluding hydrogens is 1780 g/mol. The zero-order chi connectivity index (χ0) is 97.2. The zero-order valence-corrected chi connectivity index (χ0v) is 81.6. The van der Waals surface area contributed by atoms with Crippen molar-refractivity contribution in [3.05, 3.63) is 526 Å². The van der Waals surface area contributed by atoms with Gasteiger partial charge in [-0.15, -0.1) is 0 Å². The van der Waals surface area contributed by atoms with E-state index in [-0.39, 0.29) is 10.8 Å². The molecule has 5 aromatic heterocycles. The number of nitrogens with zero attached hydrogens (tertiary/aromatic N) is 7. The summed E-state index contributed by atoms with van der Waals surface area (Å²) < 4.78 is 9.89. The molecule has 5 heterocycles. The Hall–Kier alpha value is -18.8. The van der Waals surface area contributed by atoms with Crippen LogP contribution in [0.5, 0.6) is 0 Å². The number of hydrogen-bond donors (Lipinski definition) is 0. The summed E-state index contributed by atoms with van der Waals surface area (Å²) in [5, 5.41) is 18.3. The van der Waals surface area contributed by atoms with Gasteiger partial charge in [0.25, 0.3) is 0 Å². The first-order valence-electron chi connectivity index (χ1n) is 51.2. The van der Waals surface area contributed by atoms with Gasteiger partial charge >= 0.3 is 0 Å². The normalized spacial score (nSPS) is 13.0. The molecule has 0 bridgehead atoms. The van der Waals surface area contributed by atoms with Gasteiger partial charge in [0, 0.05) is 128 Å². The Labute approximate surface area is 851 Å². The average molecular weight is 1880 g/mol. The number of benzene rings is 23. The second kappa shape index (κ2) is 32.4. The predicted octanol–water partition coefficient (Wildman–Crippen LogP) is 38.1. The lowest BCUT2D eigenvalue weighted by Crippen LogP contribution is -2.15. The van der Waals surface area contributed by atoms with E-state index in [2.05, 4.69) is 564 Å². The molecule has 690 valence electrons. The second-order valence-corrected chi connectivity index (χ2v) is 40.9. The maximum atomic E-state index is 2.50. The number of fused-ring (bicyclic) bond motifs is 18. The van der Waals surface area contributed by atoms with Crippen LogP contribution in [0.25, 0.3) is 209 Å². The molecule has 0 saturated heterocycles. The second-order valence-electron chi connectivity index (χ2n) is 40.9. The Kier molecular flexibility index (Phi) is 18.5. The zero-order valence-electron chi connectivity index (χ0n) is 81.6. The first kappa shape index (κ1) is 83.9. The molecule has 0 amide bonds. The molecule has 23 aromatic carbocycles. The van der Waals surface area contributed by atoms with E-state index in [1.165, 1.54) is 214 Å². The van der Waals surface area contributed by atoms with E-state index in [1.807, 2.05) is 0 Å². The lowest BCUT2D eigenvalue weighted by molar-refractivity contribution is 0.660. The summed E-state index contributed by atoms with van der Waals surface area (Å²) in [6.07, 6.45) is 0. The summed E-state index contributed by atoms with van der Waals surface area (Å²) in [5.74, 6) is 0. The number of hydrogen-bond acceptors (Lipinski definition) is 3. The average Bonchev–Trinajstić information content (AvgIpc) is 1.49. The summed E-state index contributed by atoms with van der Waals surface area (Å²) >= 11 is 0. The van der Waals surface area contributed by atoms with E-state index in [0.717, 1.165) is 68.2 Å². The monoisotopic (exact) mass is 1870 g/mol. The van der Waals surface area contributed by atoms with Gasteiger partial charge < -0.3 is 32.8 Å². The standard InChI is InChI=1S/2C49H34N2.C42H27N3/c1-49(2)42-23-9-8-20-38(42)41-30-35(26-27-43(41)49)50(32-14-4-3-5-15-32)33-16-11-17-34(29-33)51-44-24-12-22-40-37-19-7-6-18-36(37)39-21-10-13-31-25-28-45(51)48(46(31)39)47(40)44;1-49(2)42-20-9-8-17-38(42)41-30-35(27-28-43(41)49)50(32-13-4-3-5-14-32)33-23-25-34(26-24-33)51-44-21-11-19-40-37-16-7-6-15-36(37)39-18-10-12-31-22-29-45(51)48(46(31)39)47(40)44;1-3-13-28(14-4-1)43(29-15-5-2-6-16-29)30-17-11-18-31(27-30)44-38-24-12-21-34-32-19-7-9-22-36(32)45-37-23-10-8-20-33(37)35-25-26-39(44)41(40(34)38)42(35)45/h2*3-30H,1-2H3;1-27H. The molecule has 0 aliphatic heterocycles. The molecule has 0 unspecified atom stereocenters. The van der Waals surface area contributed by atoms with Gasteiger partial charge in [-0.25, -0.2) is 0 Å². The number of para-hydroxylation sites is 6. The summed E-state index contributed by atoms with van der Waals surface area (Å²) in [7, 11) is 0. The van der Waals surface area contributed by atoms with E-state index in [4.69, 9.17) is 0 Å². The van der Waals surface area contributed by atoms with Gasteiger partial charge in [-0.05, 0) is 298 Å². The minimum absolute atomic E-state index is 0.0273. The fourth-order valence-corrected chi connectivity index (χ4v) is 26.1. The molecule has 7 nitrogen and oxygen atoms in total. The highest BCUT2D eigenvalue weighted by Gasteiger charge is 2.39. The van der Waals surface area contributed by atoms with E-state index < -0.39 is 0 Å². The van der Waals surface area contributed by atoms with Crippen LogP contribution in [0.4, 0.5) is 51.2 Å². The van der Waals surface area contributed by atoms with Gasteiger partial charge in [-0.2, -0.15) is 0 Å². The lowest BCUT2D eigenvalue weighted by atomic mass is 9.82. The van der Waals surface area contributed by atoms with Crippen LogP contribution in [0.1, 0.15) is 49.9 Å². The van der Waals surface area contributed by atoms with Crippen LogP contribution >= 0.6 is 0 Å².